The molecule has 0 spiro atoms. The van der Waals surface area contributed by atoms with Crippen LogP contribution >= 0.6 is 11.8 Å². The number of carboxylic acids is 1. The fourth-order valence-corrected chi connectivity index (χ4v) is 5.31. The highest BCUT2D eigenvalue weighted by molar-refractivity contribution is 7.99. The Kier molecular flexibility index (Phi) is 3.54. The first-order valence-corrected chi connectivity index (χ1v) is 9.63. The van der Waals surface area contributed by atoms with Crippen molar-refractivity contribution in [2.45, 2.75) is 16.9 Å². The summed E-state index contributed by atoms with van der Waals surface area (Å²) in [6.07, 6.45) is 0. The molecule has 26 heavy (non-hydrogen) atoms. The fourth-order valence-electron chi connectivity index (χ4n) is 4.20. The van der Waals surface area contributed by atoms with Gasteiger partial charge < -0.3 is 10.0 Å². The Morgan fingerprint density at radius 2 is 1.73 bits per heavy atom. The second kappa shape index (κ2) is 5.92. The molecule has 3 nitrogen and oxygen atoms in total. The normalized spacial score (nSPS) is 20.2. The van der Waals surface area contributed by atoms with Crippen molar-refractivity contribution >= 4 is 23.4 Å². The minimum atomic E-state index is -0.877. The van der Waals surface area contributed by atoms with E-state index in [1.54, 1.807) is 6.07 Å². The summed E-state index contributed by atoms with van der Waals surface area (Å²) in [7, 11) is 0. The van der Waals surface area contributed by atoms with Gasteiger partial charge in [-0.15, -0.1) is 11.8 Å². The number of anilines is 1. The van der Waals surface area contributed by atoms with E-state index in [0.717, 1.165) is 11.6 Å². The Bertz CT molecular complexity index is 1000. The molecule has 0 saturated carbocycles. The molecule has 0 bridgehead atoms. The molecular weight excluding hydrogens is 342 g/mol. The van der Waals surface area contributed by atoms with Gasteiger partial charge in [0.25, 0.3) is 0 Å². The number of aromatic carboxylic acids is 1. The van der Waals surface area contributed by atoms with Crippen LogP contribution in [0.15, 0.2) is 77.7 Å². The highest BCUT2D eigenvalue weighted by Gasteiger charge is 2.43. The third-order valence-electron chi connectivity index (χ3n) is 5.33. The van der Waals surface area contributed by atoms with E-state index in [0.29, 0.717) is 5.56 Å². The van der Waals surface area contributed by atoms with Crippen molar-refractivity contribution in [1.82, 2.24) is 0 Å². The van der Waals surface area contributed by atoms with Crippen molar-refractivity contribution in [1.29, 1.82) is 0 Å². The molecule has 0 aromatic heterocycles. The van der Waals surface area contributed by atoms with Gasteiger partial charge in [0.2, 0.25) is 0 Å². The van der Waals surface area contributed by atoms with Crippen molar-refractivity contribution in [2.24, 2.45) is 0 Å². The molecule has 3 aromatic rings. The van der Waals surface area contributed by atoms with Crippen LogP contribution in [0.25, 0.3) is 0 Å². The highest BCUT2D eigenvalue weighted by Crippen LogP contribution is 2.56. The molecule has 0 amide bonds. The Morgan fingerprint density at radius 3 is 2.54 bits per heavy atom. The van der Waals surface area contributed by atoms with Crippen LogP contribution in [-0.4, -0.2) is 17.0 Å². The molecule has 0 radical (unpaired) electrons. The lowest BCUT2D eigenvalue weighted by Gasteiger charge is -2.36. The molecule has 5 rings (SSSR count). The predicted molar refractivity (Wildman–Crippen MR) is 104 cm³/mol. The number of carbonyl (C=O) groups is 1. The molecule has 2 aliphatic heterocycles. The monoisotopic (exact) mass is 359 g/mol. The summed E-state index contributed by atoms with van der Waals surface area (Å²) in [6, 6.07) is 24.9. The lowest BCUT2D eigenvalue weighted by molar-refractivity contribution is 0.0697. The molecule has 128 valence electrons. The van der Waals surface area contributed by atoms with Gasteiger partial charge in [-0.3, -0.25) is 0 Å². The summed E-state index contributed by atoms with van der Waals surface area (Å²) >= 11 is 1.82. The zero-order valence-electron chi connectivity index (χ0n) is 14.0. The lowest BCUT2D eigenvalue weighted by Crippen LogP contribution is -2.30. The first-order chi connectivity index (χ1) is 12.7. The Labute approximate surface area is 156 Å². The maximum Gasteiger partial charge on any atom is 0.335 e. The average molecular weight is 359 g/mol. The molecule has 0 saturated heterocycles. The lowest BCUT2D eigenvalue weighted by atomic mass is 9.84. The number of thioether (sulfide) groups is 1. The minimum Gasteiger partial charge on any atom is -0.478 e. The van der Waals surface area contributed by atoms with E-state index in [9.17, 15) is 9.90 Å². The molecule has 1 N–H and O–H groups in total. The van der Waals surface area contributed by atoms with E-state index in [4.69, 9.17) is 0 Å². The summed E-state index contributed by atoms with van der Waals surface area (Å²) in [5.74, 6) is 0.162. The van der Waals surface area contributed by atoms with Crippen molar-refractivity contribution in [3.63, 3.8) is 0 Å². The van der Waals surface area contributed by atoms with Crippen LogP contribution in [0.3, 0.4) is 0 Å². The number of hydrogen-bond acceptors (Lipinski definition) is 3. The van der Waals surface area contributed by atoms with Crippen molar-refractivity contribution < 1.29 is 9.90 Å². The second-order valence-corrected chi connectivity index (χ2v) is 7.68. The quantitative estimate of drug-likeness (QED) is 0.688. The van der Waals surface area contributed by atoms with E-state index >= 15 is 0 Å². The predicted octanol–water partition coefficient (Wildman–Crippen LogP) is 5.14. The minimum absolute atomic E-state index is 0.203. The summed E-state index contributed by atoms with van der Waals surface area (Å²) < 4.78 is 0. The van der Waals surface area contributed by atoms with Crippen LogP contribution in [0.4, 0.5) is 5.69 Å². The fraction of sp³-hybridized carbons (Fsp3) is 0.136. The molecule has 2 atom stereocenters. The van der Waals surface area contributed by atoms with Crippen molar-refractivity contribution in [2.75, 3.05) is 10.8 Å². The molecule has 2 aliphatic rings. The standard InChI is InChI=1S/C22H17NO2S/c24-22(25)15-10-11-16-18(12-15)23-13-26-19-9-5-4-8-17(19)21(23)20(16)14-6-2-1-3-7-14/h1-12,20-21H,13H2,(H,24,25). The summed E-state index contributed by atoms with van der Waals surface area (Å²) in [6.45, 7) is 0. The van der Waals surface area contributed by atoms with Crippen LogP contribution in [0.1, 0.15) is 39.0 Å². The molecule has 0 aliphatic carbocycles. The second-order valence-electron chi connectivity index (χ2n) is 6.69. The molecule has 0 fully saturated rings. The summed E-state index contributed by atoms with van der Waals surface area (Å²) in [5.41, 5.74) is 5.20. The van der Waals surface area contributed by atoms with Gasteiger partial charge in [0, 0.05) is 16.5 Å². The number of benzene rings is 3. The zero-order valence-corrected chi connectivity index (χ0v) is 14.8. The van der Waals surface area contributed by atoms with Crippen LogP contribution in [-0.2, 0) is 0 Å². The van der Waals surface area contributed by atoms with Gasteiger partial charge in [-0.05, 0) is 34.9 Å². The number of nitrogens with zero attached hydrogens (tertiary/aromatic N) is 1. The van der Waals surface area contributed by atoms with Gasteiger partial charge in [-0.2, -0.15) is 0 Å². The average Bonchev–Trinajstić information content (AvgIpc) is 3.02. The first kappa shape index (κ1) is 15.5. The van der Waals surface area contributed by atoms with Gasteiger partial charge in [0.1, 0.15) is 0 Å². The Hall–Kier alpha value is -2.72. The van der Waals surface area contributed by atoms with E-state index < -0.39 is 5.97 Å². The van der Waals surface area contributed by atoms with Crippen LogP contribution < -0.4 is 4.90 Å². The van der Waals surface area contributed by atoms with Crippen LogP contribution in [0, 0.1) is 0 Å². The summed E-state index contributed by atoms with van der Waals surface area (Å²) in [4.78, 5) is 15.2. The molecular formula is C22H17NO2S. The zero-order chi connectivity index (χ0) is 17.7. The van der Waals surface area contributed by atoms with Gasteiger partial charge >= 0.3 is 5.97 Å². The topological polar surface area (TPSA) is 40.5 Å². The third-order valence-corrected chi connectivity index (χ3v) is 6.42. The number of hydrogen-bond donors (Lipinski definition) is 1. The van der Waals surface area contributed by atoms with Gasteiger partial charge in [0.15, 0.2) is 0 Å². The van der Waals surface area contributed by atoms with Gasteiger partial charge in [-0.1, -0.05) is 54.6 Å². The van der Waals surface area contributed by atoms with Crippen molar-refractivity contribution in [3.8, 4) is 0 Å². The smallest absolute Gasteiger partial charge is 0.335 e. The molecule has 2 unspecified atom stereocenters. The maximum absolute atomic E-state index is 11.5. The molecule has 4 heteroatoms. The Balaban J connectivity index is 1.74. The summed E-state index contributed by atoms with van der Waals surface area (Å²) in [5, 5.41) is 9.43. The Morgan fingerprint density at radius 1 is 0.962 bits per heavy atom. The number of rotatable bonds is 2. The SMILES string of the molecule is O=C(O)c1ccc2c(c1)N1CSc3ccccc3C1C2c1ccccc1. The number of carboxylic acid groups (broad SMARTS) is 1. The van der Waals surface area contributed by atoms with E-state index in [1.807, 2.05) is 30.0 Å². The van der Waals surface area contributed by atoms with E-state index in [1.165, 1.54) is 21.6 Å². The molecule has 2 heterocycles. The van der Waals surface area contributed by atoms with Crippen LogP contribution in [0.2, 0.25) is 0 Å². The first-order valence-electron chi connectivity index (χ1n) is 8.64. The van der Waals surface area contributed by atoms with Gasteiger partial charge in [-0.25, -0.2) is 4.79 Å². The van der Waals surface area contributed by atoms with Crippen LogP contribution in [0.5, 0.6) is 0 Å². The third kappa shape index (κ3) is 2.26. The maximum atomic E-state index is 11.5. The van der Waals surface area contributed by atoms with Gasteiger partial charge in [0.05, 0.1) is 17.5 Å². The van der Waals surface area contributed by atoms with Crippen molar-refractivity contribution in [3.05, 3.63) is 95.1 Å². The number of fused-ring (bicyclic) bond motifs is 5. The largest absolute Gasteiger partial charge is 0.478 e. The van der Waals surface area contributed by atoms with E-state index in [-0.39, 0.29) is 12.0 Å². The highest BCUT2D eigenvalue weighted by atomic mass is 32.2. The molecule has 3 aromatic carbocycles. The van der Waals surface area contributed by atoms with E-state index in [2.05, 4.69) is 53.4 Å².